The summed E-state index contributed by atoms with van der Waals surface area (Å²) in [5, 5.41) is 15.2. The van der Waals surface area contributed by atoms with E-state index >= 15 is 0 Å². The highest BCUT2D eigenvalue weighted by Gasteiger charge is 2.22. The van der Waals surface area contributed by atoms with Gasteiger partial charge in [0.15, 0.2) is 5.65 Å². The van der Waals surface area contributed by atoms with Gasteiger partial charge < -0.3 is 5.32 Å². The molecule has 0 aliphatic heterocycles. The Bertz CT molecular complexity index is 1450. The van der Waals surface area contributed by atoms with Crippen LogP contribution >= 0.6 is 0 Å². The van der Waals surface area contributed by atoms with Gasteiger partial charge in [0.25, 0.3) is 12.3 Å². The summed E-state index contributed by atoms with van der Waals surface area (Å²) in [6.07, 6.45) is 5.33. The summed E-state index contributed by atoms with van der Waals surface area (Å²) in [4.78, 5) is 17.4. The van der Waals surface area contributed by atoms with Gasteiger partial charge in [0.05, 0.1) is 36.5 Å². The van der Waals surface area contributed by atoms with E-state index in [1.54, 1.807) is 41.3 Å². The van der Waals surface area contributed by atoms with Crippen molar-refractivity contribution in [1.82, 2.24) is 34.2 Å². The molecule has 0 spiro atoms. The molecule has 4 heterocycles. The minimum atomic E-state index is -2.79. The van der Waals surface area contributed by atoms with Gasteiger partial charge in [-0.25, -0.2) is 18.3 Å². The molecule has 9 nitrogen and oxygen atoms in total. The van der Waals surface area contributed by atoms with E-state index < -0.39 is 12.3 Å². The second-order valence-corrected chi connectivity index (χ2v) is 7.61. The fraction of sp³-hybridized carbons (Fsp3) is 0.174. The summed E-state index contributed by atoms with van der Waals surface area (Å²) in [5.41, 5.74) is 2.21. The number of nitrogens with one attached hydrogen (secondary N) is 1. The van der Waals surface area contributed by atoms with Gasteiger partial charge in [-0.05, 0) is 13.0 Å². The number of nitrogens with zero attached hydrogens (tertiary/aromatic N) is 7. The van der Waals surface area contributed by atoms with Crippen LogP contribution in [0, 0.1) is 0 Å². The summed E-state index contributed by atoms with van der Waals surface area (Å²) in [6, 6.07) is 10.2. The Morgan fingerprint density at radius 3 is 2.56 bits per heavy atom. The molecule has 34 heavy (non-hydrogen) atoms. The lowest BCUT2D eigenvalue weighted by molar-refractivity contribution is 0.102. The summed E-state index contributed by atoms with van der Waals surface area (Å²) in [7, 11) is 0. The molecule has 4 aromatic heterocycles. The lowest BCUT2D eigenvalue weighted by Crippen LogP contribution is -2.12. The quantitative estimate of drug-likeness (QED) is 0.394. The van der Waals surface area contributed by atoms with Crippen molar-refractivity contribution < 1.29 is 13.6 Å². The van der Waals surface area contributed by atoms with Gasteiger partial charge in [0, 0.05) is 30.1 Å². The van der Waals surface area contributed by atoms with E-state index in [4.69, 9.17) is 0 Å². The van der Waals surface area contributed by atoms with E-state index in [-0.39, 0.29) is 16.9 Å². The summed E-state index contributed by atoms with van der Waals surface area (Å²) in [5.74, 6) is -0.522. The van der Waals surface area contributed by atoms with Crippen LogP contribution in [0.4, 0.5) is 14.5 Å². The lowest BCUT2D eigenvalue weighted by atomic mass is 10.1. The van der Waals surface area contributed by atoms with Gasteiger partial charge in [-0.3, -0.25) is 14.2 Å². The number of carbonyl (C=O) groups is 1. The molecule has 0 aliphatic carbocycles. The first kappa shape index (κ1) is 21.4. The number of fused-ring (bicyclic) bond motifs is 1. The molecule has 172 valence electrons. The Morgan fingerprint density at radius 1 is 1.03 bits per heavy atom. The number of rotatable bonds is 7. The van der Waals surface area contributed by atoms with Crippen LogP contribution in [0.3, 0.4) is 0 Å². The monoisotopic (exact) mass is 462 g/mol. The molecule has 5 rings (SSSR count). The Kier molecular flexibility index (Phi) is 5.58. The van der Waals surface area contributed by atoms with E-state index in [2.05, 4.69) is 25.6 Å². The number of hydrogen-bond acceptors (Lipinski definition) is 5. The van der Waals surface area contributed by atoms with Crippen LogP contribution in [0.15, 0.2) is 67.4 Å². The molecule has 11 heteroatoms. The maximum absolute atomic E-state index is 13.7. The first-order valence-electron chi connectivity index (χ1n) is 10.6. The SMILES string of the molecule is CCn1cc(Cn2cc(NC(=O)c3cnn4c(C(F)F)cc(-c5ccccc5)nc34)cn2)cn1. The Hall–Kier alpha value is -4.41. The number of aromatic nitrogens is 7. The zero-order chi connectivity index (χ0) is 23.7. The molecular weight excluding hydrogens is 442 g/mol. The fourth-order valence-corrected chi connectivity index (χ4v) is 3.62. The van der Waals surface area contributed by atoms with Crippen molar-refractivity contribution in [1.29, 1.82) is 0 Å². The summed E-state index contributed by atoms with van der Waals surface area (Å²) in [6.45, 7) is 3.26. The number of halogens is 2. The number of hydrogen-bond donors (Lipinski definition) is 1. The highest BCUT2D eigenvalue weighted by Crippen LogP contribution is 2.27. The van der Waals surface area contributed by atoms with Crippen LogP contribution in [-0.2, 0) is 13.1 Å². The molecule has 0 radical (unpaired) electrons. The van der Waals surface area contributed by atoms with Crippen molar-refractivity contribution in [2.45, 2.75) is 26.4 Å². The van der Waals surface area contributed by atoms with Gasteiger partial charge in [0.1, 0.15) is 11.3 Å². The zero-order valence-electron chi connectivity index (χ0n) is 18.1. The van der Waals surface area contributed by atoms with Crippen LogP contribution in [-0.4, -0.2) is 40.1 Å². The summed E-state index contributed by atoms with van der Waals surface area (Å²) < 4.78 is 32.0. The molecule has 0 saturated carbocycles. The van der Waals surface area contributed by atoms with E-state index in [0.29, 0.717) is 23.5 Å². The molecule has 0 atom stereocenters. The third-order valence-corrected chi connectivity index (χ3v) is 5.28. The molecule has 1 N–H and O–H groups in total. The van der Waals surface area contributed by atoms with Gasteiger partial charge in [-0.15, -0.1) is 0 Å². The van der Waals surface area contributed by atoms with Crippen LogP contribution in [0.2, 0.25) is 0 Å². The first-order chi connectivity index (χ1) is 16.5. The van der Waals surface area contributed by atoms with Crippen molar-refractivity contribution in [3.8, 4) is 11.3 Å². The number of carbonyl (C=O) groups excluding carboxylic acids is 1. The number of benzene rings is 1. The Labute approximate surface area is 192 Å². The average molecular weight is 462 g/mol. The van der Waals surface area contributed by atoms with Crippen molar-refractivity contribution in [2.75, 3.05) is 5.32 Å². The lowest BCUT2D eigenvalue weighted by Gasteiger charge is -2.08. The minimum absolute atomic E-state index is 0.0496. The topological polar surface area (TPSA) is 94.9 Å². The van der Waals surface area contributed by atoms with E-state index in [0.717, 1.165) is 16.6 Å². The average Bonchev–Trinajstić information content (AvgIpc) is 3.59. The predicted octanol–water partition coefficient (Wildman–Crippen LogP) is 4.05. The summed E-state index contributed by atoms with van der Waals surface area (Å²) >= 11 is 0. The molecule has 0 fully saturated rings. The molecule has 1 amide bonds. The number of alkyl halides is 2. The maximum atomic E-state index is 13.7. The number of aryl methyl sites for hydroxylation is 1. The molecule has 1 aromatic carbocycles. The highest BCUT2D eigenvalue weighted by atomic mass is 19.3. The predicted molar refractivity (Wildman–Crippen MR) is 121 cm³/mol. The van der Waals surface area contributed by atoms with Crippen molar-refractivity contribution >= 4 is 17.2 Å². The number of anilines is 1. The normalized spacial score (nSPS) is 11.4. The third-order valence-electron chi connectivity index (χ3n) is 5.28. The first-order valence-corrected chi connectivity index (χ1v) is 10.6. The van der Waals surface area contributed by atoms with Crippen LogP contribution in [0.1, 0.15) is 35.0 Å². The Morgan fingerprint density at radius 2 is 1.82 bits per heavy atom. The third kappa shape index (κ3) is 4.15. The van der Waals surface area contributed by atoms with E-state index in [9.17, 15) is 13.6 Å². The smallest absolute Gasteiger partial charge is 0.280 e. The van der Waals surface area contributed by atoms with Crippen LogP contribution < -0.4 is 5.32 Å². The van der Waals surface area contributed by atoms with E-state index in [1.165, 1.54) is 18.5 Å². The van der Waals surface area contributed by atoms with Gasteiger partial charge in [0.2, 0.25) is 0 Å². The van der Waals surface area contributed by atoms with Crippen molar-refractivity contribution in [2.24, 2.45) is 0 Å². The minimum Gasteiger partial charge on any atom is -0.319 e. The molecule has 0 unspecified atom stereocenters. The van der Waals surface area contributed by atoms with Crippen molar-refractivity contribution in [3.05, 3.63) is 84.2 Å². The largest absolute Gasteiger partial charge is 0.319 e. The van der Waals surface area contributed by atoms with Crippen molar-refractivity contribution in [3.63, 3.8) is 0 Å². The van der Waals surface area contributed by atoms with Gasteiger partial charge >= 0.3 is 0 Å². The molecule has 0 aliphatic rings. The van der Waals surface area contributed by atoms with Gasteiger partial charge in [-0.2, -0.15) is 15.3 Å². The second kappa shape index (κ2) is 8.85. The molecule has 0 bridgehead atoms. The number of amides is 1. The molecular formula is C23H20F2N8O. The van der Waals surface area contributed by atoms with Crippen LogP contribution in [0.25, 0.3) is 16.9 Å². The van der Waals surface area contributed by atoms with E-state index in [1.807, 2.05) is 23.9 Å². The maximum Gasteiger partial charge on any atom is 0.280 e. The standard InChI is InChI=1S/C23H20F2N8O/c1-2-31-12-15(9-26-31)13-32-14-17(10-27-32)29-23(34)18-11-28-33-20(21(24)25)8-19(30-22(18)33)16-6-4-3-5-7-16/h3-12,14,21H,2,13H2,1H3,(H,29,34). The highest BCUT2D eigenvalue weighted by molar-refractivity contribution is 6.08. The Balaban J connectivity index is 1.42. The van der Waals surface area contributed by atoms with Crippen LogP contribution in [0.5, 0.6) is 0 Å². The fourth-order valence-electron chi connectivity index (χ4n) is 3.62. The molecule has 5 aromatic rings. The zero-order valence-corrected chi connectivity index (χ0v) is 18.1. The second-order valence-electron chi connectivity index (χ2n) is 7.61. The molecule has 0 saturated heterocycles. The van der Waals surface area contributed by atoms with Gasteiger partial charge in [-0.1, -0.05) is 30.3 Å².